The molecule has 4 nitrogen and oxygen atoms in total. The Bertz CT molecular complexity index is 420. The number of nitrogens with zero attached hydrogens (tertiary/aromatic N) is 1. The Morgan fingerprint density at radius 1 is 1.47 bits per heavy atom. The minimum absolute atomic E-state index is 0.0253. The number of rotatable bonds is 2. The van der Waals surface area contributed by atoms with E-state index in [1.54, 1.807) is 30.1 Å². The molecule has 17 heavy (non-hydrogen) atoms. The summed E-state index contributed by atoms with van der Waals surface area (Å²) in [7, 11) is 1.74. The summed E-state index contributed by atoms with van der Waals surface area (Å²) in [5.41, 5.74) is 6.53. The molecular formula is C13H18N2O2. The lowest BCUT2D eigenvalue weighted by Gasteiger charge is -2.21. The molecule has 1 aliphatic carbocycles. The number of hydrogen-bond donors (Lipinski definition) is 2. The highest BCUT2D eigenvalue weighted by molar-refractivity contribution is 5.94. The van der Waals surface area contributed by atoms with Gasteiger partial charge in [0.1, 0.15) is 5.75 Å². The predicted octanol–water partition coefficient (Wildman–Crippen LogP) is 1.48. The summed E-state index contributed by atoms with van der Waals surface area (Å²) in [4.78, 5) is 13.8. The molecule has 1 aromatic carbocycles. The summed E-state index contributed by atoms with van der Waals surface area (Å²) in [5.74, 6) is 0.283. The van der Waals surface area contributed by atoms with Crippen molar-refractivity contribution in [2.24, 2.45) is 11.7 Å². The van der Waals surface area contributed by atoms with Gasteiger partial charge in [0.25, 0.3) is 0 Å². The molecule has 1 amide bonds. The molecule has 4 heteroatoms. The van der Waals surface area contributed by atoms with Gasteiger partial charge < -0.3 is 15.7 Å². The van der Waals surface area contributed by atoms with E-state index in [9.17, 15) is 9.90 Å². The van der Waals surface area contributed by atoms with Crippen molar-refractivity contribution >= 4 is 11.6 Å². The van der Waals surface area contributed by atoms with E-state index in [1.807, 2.05) is 6.07 Å². The van der Waals surface area contributed by atoms with Gasteiger partial charge in [0.15, 0.2) is 0 Å². The Morgan fingerprint density at radius 3 is 2.82 bits per heavy atom. The lowest BCUT2D eigenvalue weighted by Crippen LogP contribution is -2.32. The Hall–Kier alpha value is -1.55. The Labute approximate surface area is 101 Å². The van der Waals surface area contributed by atoms with Crippen LogP contribution in [0.3, 0.4) is 0 Å². The molecule has 1 aliphatic rings. The molecule has 0 heterocycles. The highest BCUT2D eigenvalue weighted by Gasteiger charge is 2.30. The van der Waals surface area contributed by atoms with Crippen LogP contribution >= 0.6 is 0 Å². The first-order valence-electron chi connectivity index (χ1n) is 5.90. The van der Waals surface area contributed by atoms with Crippen LogP contribution in [0.25, 0.3) is 0 Å². The molecule has 0 spiro atoms. The number of carbonyl (C=O) groups is 1. The maximum atomic E-state index is 12.2. The average molecular weight is 234 g/mol. The normalized spacial score (nSPS) is 23.6. The molecule has 2 unspecified atom stereocenters. The number of phenolic OH excluding ortho intramolecular Hbond substituents is 1. The highest BCUT2D eigenvalue weighted by Crippen LogP contribution is 2.28. The quantitative estimate of drug-likeness (QED) is 0.814. The topological polar surface area (TPSA) is 66.6 Å². The minimum atomic E-state index is 0.0253. The third-order valence-corrected chi connectivity index (χ3v) is 3.37. The number of amides is 1. The average Bonchev–Trinajstić information content (AvgIpc) is 2.74. The summed E-state index contributed by atoms with van der Waals surface area (Å²) in [6.45, 7) is 0. The van der Waals surface area contributed by atoms with E-state index < -0.39 is 0 Å². The largest absolute Gasteiger partial charge is 0.508 e. The first-order chi connectivity index (χ1) is 8.08. The number of carbonyl (C=O) groups excluding carboxylic acids is 1. The second kappa shape index (κ2) is 4.75. The zero-order valence-corrected chi connectivity index (χ0v) is 9.97. The van der Waals surface area contributed by atoms with Crippen molar-refractivity contribution in [2.45, 2.75) is 25.3 Å². The summed E-state index contributed by atoms with van der Waals surface area (Å²) in [6.07, 6.45) is 2.55. The third kappa shape index (κ3) is 2.58. The van der Waals surface area contributed by atoms with Crippen molar-refractivity contribution in [3.8, 4) is 5.75 Å². The van der Waals surface area contributed by atoms with Crippen LogP contribution in [-0.2, 0) is 4.79 Å². The number of hydrogen-bond acceptors (Lipinski definition) is 3. The molecular weight excluding hydrogens is 216 g/mol. The third-order valence-electron chi connectivity index (χ3n) is 3.37. The van der Waals surface area contributed by atoms with Gasteiger partial charge in [-0.25, -0.2) is 0 Å². The van der Waals surface area contributed by atoms with Crippen molar-refractivity contribution in [2.75, 3.05) is 11.9 Å². The fraction of sp³-hybridized carbons (Fsp3) is 0.462. The number of nitrogens with two attached hydrogens (primary N) is 1. The lowest BCUT2D eigenvalue weighted by atomic mass is 10.1. The summed E-state index contributed by atoms with van der Waals surface area (Å²) < 4.78 is 0. The Balaban J connectivity index is 2.09. The number of aromatic hydroxyl groups is 1. The van der Waals surface area contributed by atoms with Gasteiger partial charge in [-0.15, -0.1) is 0 Å². The van der Waals surface area contributed by atoms with Gasteiger partial charge >= 0.3 is 0 Å². The first kappa shape index (κ1) is 11.9. The van der Waals surface area contributed by atoms with Gasteiger partial charge in [0.2, 0.25) is 5.91 Å². The zero-order valence-electron chi connectivity index (χ0n) is 9.97. The molecule has 1 fully saturated rings. The maximum absolute atomic E-state index is 12.2. The second-order valence-electron chi connectivity index (χ2n) is 4.69. The van der Waals surface area contributed by atoms with Crippen LogP contribution in [0.2, 0.25) is 0 Å². The maximum Gasteiger partial charge on any atom is 0.229 e. The van der Waals surface area contributed by atoms with Gasteiger partial charge in [-0.3, -0.25) is 4.79 Å². The molecule has 1 saturated carbocycles. The van der Waals surface area contributed by atoms with Gasteiger partial charge in [0, 0.05) is 30.8 Å². The van der Waals surface area contributed by atoms with E-state index in [1.165, 1.54) is 0 Å². The van der Waals surface area contributed by atoms with Crippen LogP contribution in [0.5, 0.6) is 5.75 Å². The Kier molecular flexibility index (Phi) is 3.33. The molecule has 0 radical (unpaired) electrons. The van der Waals surface area contributed by atoms with Crippen LogP contribution in [-0.4, -0.2) is 24.1 Å². The van der Waals surface area contributed by atoms with Crippen LogP contribution in [0.1, 0.15) is 19.3 Å². The van der Waals surface area contributed by atoms with Crippen LogP contribution in [0.4, 0.5) is 5.69 Å². The molecule has 0 aromatic heterocycles. The fourth-order valence-corrected chi connectivity index (χ4v) is 2.34. The predicted molar refractivity (Wildman–Crippen MR) is 66.8 cm³/mol. The molecule has 92 valence electrons. The fourth-order valence-electron chi connectivity index (χ4n) is 2.34. The van der Waals surface area contributed by atoms with Gasteiger partial charge in [-0.1, -0.05) is 6.07 Å². The van der Waals surface area contributed by atoms with E-state index in [0.717, 1.165) is 24.9 Å². The van der Waals surface area contributed by atoms with Gasteiger partial charge in [-0.2, -0.15) is 0 Å². The summed E-state index contributed by atoms with van der Waals surface area (Å²) in [6, 6.07) is 6.88. The molecule has 1 aromatic rings. The monoisotopic (exact) mass is 234 g/mol. The van der Waals surface area contributed by atoms with E-state index in [-0.39, 0.29) is 23.6 Å². The zero-order chi connectivity index (χ0) is 12.4. The highest BCUT2D eigenvalue weighted by atomic mass is 16.3. The van der Waals surface area contributed by atoms with Crippen molar-refractivity contribution in [1.82, 2.24) is 0 Å². The van der Waals surface area contributed by atoms with Crippen molar-refractivity contribution in [1.29, 1.82) is 0 Å². The minimum Gasteiger partial charge on any atom is -0.508 e. The van der Waals surface area contributed by atoms with E-state index in [0.29, 0.717) is 0 Å². The van der Waals surface area contributed by atoms with Gasteiger partial charge in [0.05, 0.1) is 0 Å². The van der Waals surface area contributed by atoms with E-state index >= 15 is 0 Å². The Morgan fingerprint density at radius 2 is 2.24 bits per heavy atom. The SMILES string of the molecule is CN(C(=O)C1CCC(N)C1)c1cccc(O)c1. The molecule has 0 bridgehead atoms. The molecule has 0 saturated heterocycles. The molecule has 2 rings (SSSR count). The second-order valence-corrected chi connectivity index (χ2v) is 4.69. The van der Waals surface area contributed by atoms with Crippen LogP contribution < -0.4 is 10.6 Å². The first-order valence-corrected chi connectivity index (χ1v) is 5.90. The van der Waals surface area contributed by atoms with Crippen molar-refractivity contribution in [3.05, 3.63) is 24.3 Å². The van der Waals surface area contributed by atoms with Crippen molar-refractivity contribution < 1.29 is 9.90 Å². The molecule has 3 N–H and O–H groups in total. The van der Waals surface area contributed by atoms with Crippen LogP contribution in [0.15, 0.2) is 24.3 Å². The summed E-state index contributed by atoms with van der Waals surface area (Å²) in [5, 5.41) is 9.39. The molecule has 2 atom stereocenters. The number of benzene rings is 1. The number of anilines is 1. The van der Waals surface area contributed by atoms with E-state index in [2.05, 4.69) is 0 Å². The van der Waals surface area contributed by atoms with Crippen LogP contribution in [0, 0.1) is 5.92 Å². The summed E-state index contributed by atoms with van der Waals surface area (Å²) >= 11 is 0. The van der Waals surface area contributed by atoms with E-state index in [4.69, 9.17) is 5.73 Å². The standard InChI is InChI=1S/C13H18N2O2/c1-15(11-3-2-4-12(16)8-11)13(17)9-5-6-10(14)7-9/h2-4,8-10,16H,5-7,14H2,1H3. The van der Waals surface area contributed by atoms with Crippen molar-refractivity contribution in [3.63, 3.8) is 0 Å². The molecule has 0 aliphatic heterocycles. The lowest BCUT2D eigenvalue weighted by molar-refractivity contribution is -0.121. The van der Waals surface area contributed by atoms with Gasteiger partial charge in [-0.05, 0) is 31.4 Å². The number of phenols is 1. The smallest absolute Gasteiger partial charge is 0.229 e.